The van der Waals surface area contributed by atoms with Gasteiger partial charge in [0.2, 0.25) is 0 Å². The molecule has 0 aromatic carbocycles. The molecule has 0 aliphatic heterocycles. The van der Waals surface area contributed by atoms with Crippen molar-refractivity contribution in [3.8, 4) is 0 Å². The van der Waals surface area contributed by atoms with Crippen LogP contribution in [0.15, 0.2) is 0 Å². The molecule has 0 amide bonds. The maximum Gasteiger partial charge on any atom is 0.148 e. The normalized spacial score (nSPS) is 27.9. The van der Waals surface area contributed by atoms with Gasteiger partial charge in [-0.25, -0.2) is 8.42 Å². The van der Waals surface area contributed by atoms with Crippen LogP contribution >= 0.6 is 0 Å². The fraction of sp³-hybridized carbons (Fsp3) is 1.00. The molecule has 0 spiro atoms. The monoisotopic (exact) mass is 233 g/mol. The summed E-state index contributed by atoms with van der Waals surface area (Å²) in [6, 6.07) is 0. The number of hydrogen-bond donors (Lipinski definition) is 1. The van der Waals surface area contributed by atoms with E-state index in [1.54, 1.807) is 0 Å². The molecule has 1 saturated carbocycles. The Morgan fingerprint density at radius 2 is 2.07 bits per heavy atom. The zero-order valence-corrected chi connectivity index (χ0v) is 10.6. The van der Waals surface area contributed by atoms with Gasteiger partial charge in [0.05, 0.1) is 5.75 Å². The largest absolute Gasteiger partial charge is 0.315 e. The van der Waals surface area contributed by atoms with E-state index < -0.39 is 9.84 Å². The van der Waals surface area contributed by atoms with Crippen LogP contribution in [0.1, 0.15) is 32.6 Å². The Hall–Kier alpha value is -0.0900. The summed E-state index contributed by atoms with van der Waals surface area (Å²) < 4.78 is 21.8. The van der Waals surface area contributed by atoms with Crippen molar-refractivity contribution in [3.05, 3.63) is 0 Å². The third-order valence-corrected chi connectivity index (χ3v) is 4.07. The van der Waals surface area contributed by atoms with E-state index in [0.717, 1.165) is 18.4 Å². The molecule has 0 heterocycles. The molecule has 3 nitrogen and oxygen atoms in total. The number of nitrogens with one attached hydrogen (secondary N) is 1. The van der Waals surface area contributed by atoms with E-state index >= 15 is 0 Å². The Morgan fingerprint density at radius 3 is 2.67 bits per heavy atom. The molecular formula is C11H23NO2S. The van der Waals surface area contributed by atoms with Crippen molar-refractivity contribution in [3.63, 3.8) is 0 Å². The minimum absolute atomic E-state index is 0.259. The summed E-state index contributed by atoms with van der Waals surface area (Å²) >= 11 is 0. The SMILES string of the molecule is CC1CCCC(CNCCS(C)(=O)=O)C1. The highest BCUT2D eigenvalue weighted by molar-refractivity contribution is 7.90. The highest BCUT2D eigenvalue weighted by Crippen LogP contribution is 2.27. The molecule has 0 bridgehead atoms. The standard InChI is InChI=1S/C11H23NO2S/c1-10-4-3-5-11(8-10)9-12-6-7-15(2,13)14/h10-12H,3-9H2,1-2H3. The van der Waals surface area contributed by atoms with Crippen molar-refractivity contribution < 1.29 is 8.42 Å². The van der Waals surface area contributed by atoms with E-state index in [4.69, 9.17) is 0 Å². The highest BCUT2D eigenvalue weighted by atomic mass is 32.2. The summed E-state index contributed by atoms with van der Waals surface area (Å²) in [5.41, 5.74) is 0. The van der Waals surface area contributed by atoms with Gasteiger partial charge in [-0.15, -0.1) is 0 Å². The lowest BCUT2D eigenvalue weighted by Gasteiger charge is -2.26. The number of sulfone groups is 1. The van der Waals surface area contributed by atoms with Gasteiger partial charge in [-0.05, 0) is 31.2 Å². The zero-order chi connectivity index (χ0) is 11.3. The molecule has 0 aromatic rings. The molecular weight excluding hydrogens is 210 g/mol. The number of hydrogen-bond acceptors (Lipinski definition) is 3. The van der Waals surface area contributed by atoms with Crippen molar-refractivity contribution in [2.75, 3.05) is 25.1 Å². The summed E-state index contributed by atoms with van der Waals surface area (Å²) in [5, 5.41) is 3.25. The Bertz CT molecular complexity index is 274. The predicted octanol–water partition coefficient (Wildman–Crippen LogP) is 1.45. The molecule has 1 aliphatic rings. The van der Waals surface area contributed by atoms with E-state index in [-0.39, 0.29) is 5.75 Å². The first kappa shape index (κ1) is 13.0. The molecule has 15 heavy (non-hydrogen) atoms. The van der Waals surface area contributed by atoms with Gasteiger partial charge in [-0.3, -0.25) is 0 Å². The highest BCUT2D eigenvalue weighted by Gasteiger charge is 2.18. The fourth-order valence-corrected chi connectivity index (χ4v) is 2.82. The first-order valence-corrected chi connectivity index (χ1v) is 7.92. The summed E-state index contributed by atoms with van der Waals surface area (Å²) in [4.78, 5) is 0. The molecule has 1 aliphatic carbocycles. The van der Waals surface area contributed by atoms with Crippen molar-refractivity contribution >= 4 is 9.84 Å². The fourth-order valence-electron chi connectivity index (χ4n) is 2.31. The lowest BCUT2D eigenvalue weighted by atomic mass is 9.82. The smallest absolute Gasteiger partial charge is 0.148 e. The second kappa shape index (κ2) is 5.85. The maximum absolute atomic E-state index is 10.9. The van der Waals surface area contributed by atoms with Gasteiger partial charge >= 0.3 is 0 Å². The topological polar surface area (TPSA) is 46.2 Å². The average Bonchev–Trinajstić information content (AvgIpc) is 2.11. The molecule has 0 radical (unpaired) electrons. The van der Waals surface area contributed by atoms with Crippen LogP contribution in [0, 0.1) is 11.8 Å². The van der Waals surface area contributed by atoms with Gasteiger partial charge in [0, 0.05) is 12.8 Å². The molecule has 1 rings (SSSR count). The van der Waals surface area contributed by atoms with E-state index in [1.165, 1.54) is 31.9 Å². The van der Waals surface area contributed by atoms with Crippen molar-refractivity contribution in [2.45, 2.75) is 32.6 Å². The average molecular weight is 233 g/mol. The van der Waals surface area contributed by atoms with Crippen LogP contribution in [0.25, 0.3) is 0 Å². The van der Waals surface area contributed by atoms with Crippen LogP contribution in [0.3, 0.4) is 0 Å². The molecule has 1 N–H and O–H groups in total. The lowest BCUT2D eigenvalue weighted by Crippen LogP contribution is -2.30. The van der Waals surface area contributed by atoms with Crippen molar-refractivity contribution in [1.29, 1.82) is 0 Å². The van der Waals surface area contributed by atoms with Crippen LogP contribution in [-0.4, -0.2) is 33.5 Å². The number of rotatable bonds is 5. The van der Waals surface area contributed by atoms with E-state index in [2.05, 4.69) is 12.2 Å². The summed E-state index contributed by atoms with van der Waals surface area (Å²) in [7, 11) is -2.80. The Morgan fingerprint density at radius 1 is 1.33 bits per heavy atom. The van der Waals surface area contributed by atoms with E-state index in [9.17, 15) is 8.42 Å². The van der Waals surface area contributed by atoms with Crippen LogP contribution < -0.4 is 5.32 Å². The lowest BCUT2D eigenvalue weighted by molar-refractivity contribution is 0.276. The minimum Gasteiger partial charge on any atom is -0.315 e. The van der Waals surface area contributed by atoms with Crippen molar-refractivity contribution in [2.24, 2.45) is 11.8 Å². The third-order valence-electron chi connectivity index (χ3n) is 3.13. The van der Waals surface area contributed by atoms with E-state index in [1.807, 2.05) is 0 Å². The summed E-state index contributed by atoms with van der Waals surface area (Å²) in [6.45, 7) is 3.90. The van der Waals surface area contributed by atoms with Gasteiger partial charge in [0.1, 0.15) is 9.84 Å². The molecule has 90 valence electrons. The zero-order valence-electron chi connectivity index (χ0n) is 9.83. The predicted molar refractivity (Wildman–Crippen MR) is 63.7 cm³/mol. The van der Waals surface area contributed by atoms with Gasteiger partial charge in [-0.2, -0.15) is 0 Å². The quantitative estimate of drug-likeness (QED) is 0.731. The second-order valence-corrected chi connectivity index (χ2v) is 7.23. The van der Waals surface area contributed by atoms with Gasteiger partial charge in [0.25, 0.3) is 0 Å². The first-order chi connectivity index (χ1) is 6.97. The van der Waals surface area contributed by atoms with Crippen molar-refractivity contribution in [1.82, 2.24) is 5.32 Å². The van der Waals surface area contributed by atoms with Gasteiger partial charge in [-0.1, -0.05) is 19.8 Å². The Labute approximate surface area is 93.6 Å². The third kappa shape index (κ3) is 6.15. The second-order valence-electron chi connectivity index (χ2n) is 4.97. The maximum atomic E-state index is 10.9. The minimum atomic E-state index is -2.80. The van der Waals surface area contributed by atoms with Gasteiger partial charge < -0.3 is 5.32 Å². The molecule has 2 atom stereocenters. The van der Waals surface area contributed by atoms with Gasteiger partial charge in [0.15, 0.2) is 0 Å². The summed E-state index contributed by atoms with van der Waals surface area (Å²) in [5.74, 6) is 1.86. The molecule has 2 unspecified atom stereocenters. The molecule has 0 saturated heterocycles. The van der Waals surface area contributed by atoms with Crippen LogP contribution in [0.2, 0.25) is 0 Å². The Kier molecular flexibility index (Phi) is 5.06. The summed E-state index contributed by atoms with van der Waals surface area (Å²) in [6.07, 6.45) is 6.58. The van der Waals surface area contributed by atoms with E-state index in [0.29, 0.717) is 6.54 Å². The van der Waals surface area contributed by atoms with Crippen LogP contribution in [0.5, 0.6) is 0 Å². The molecule has 0 aromatic heterocycles. The Balaban J connectivity index is 2.09. The first-order valence-electron chi connectivity index (χ1n) is 5.86. The molecule has 4 heteroatoms. The van der Waals surface area contributed by atoms with Crippen LogP contribution in [0.4, 0.5) is 0 Å². The van der Waals surface area contributed by atoms with Crippen LogP contribution in [-0.2, 0) is 9.84 Å². The molecule has 1 fully saturated rings.